The summed E-state index contributed by atoms with van der Waals surface area (Å²) in [6, 6.07) is 5.89. The molecule has 1 rings (SSSR count). The van der Waals surface area contributed by atoms with Gasteiger partial charge in [-0.2, -0.15) is 0 Å². The Bertz CT molecular complexity index is 632. The van der Waals surface area contributed by atoms with Crippen LogP contribution < -0.4 is 5.14 Å². The van der Waals surface area contributed by atoms with Crippen LogP contribution in [0.3, 0.4) is 0 Å². The summed E-state index contributed by atoms with van der Waals surface area (Å²) in [4.78, 5) is 0. The second kappa shape index (κ2) is 8.53. The molecular formula is C18H31BrClNO2SSi. The van der Waals surface area contributed by atoms with Crippen LogP contribution in [0, 0.1) is 0 Å². The zero-order valence-electron chi connectivity index (χ0n) is 16.3. The van der Waals surface area contributed by atoms with Gasteiger partial charge in [0.2, 0.25) is 0 Å². The zero-order chi connectivity index (χ0) is 19.6. The van der Waals surface area contributed by atoms with Gasteiger partial charge in [0, 0.05) is 22.0 Å². The molecular weight excluding hydrogens is 438 g/mol. The largest absolute Gasteiger partial charge is 0.416 e. The third-order valence-electron chi connectivity index (χ3n) is 5.14. The third-order valence-corrected chi connectivity index (χ3v) is 11.7. The number of hydrogen-bond donors (Lipinski definition) is 1. The van der Waals surface area contributed by atoms with Crippen molar-refractivity contribution >= 4 is 46.8 Å². The van der Waals surface area contributed by atoms with Crippen molar-refractivity contribution in [3.8, 4) is 0 Å². The standard InChI is InChI=1S/C18H31BrClNO2SSi/c1-17(2,3)25(6,7)23-12-13(11-18(4,5)24(21)22)15-9-8-14(19)10-16(15)20/h8-10,13H,11-12,21H2,1-7H3/t13-,24?/m1/s1. The Kier molecular flexibility index (Phi) is 7.95. The maximum atomic E-state index is 11.9. The molecule has 144 valence electrons. The molecule has 2 atom stereocenters. The van der Waals surface area contributed by atoms with Crippen LogP contribution in [0.5, 0.6) is 0 Å². The topological polar surface area (TPSA) is 52.3 Å². The van der Waals surface area contributed by atoms with E-state index in [9.17, 15) is 4.21 Å². The van der Waals surface area contributed by atoms with Crippen LogP contribution in [-0.2, 0) is 15.4 Å². The van der Waals surface area contributed by atoms with E-state index in [0.29, 0.717) is 18.1 Å². The number of halogens is 2. The van der Waals surface area contributed by atoms with Gasteiger partial charge in [0.15, 0.2) is 8.32 Å². The van der Waals surface area contributed by atoms with Gasteiger partial charge in [0.05, 0.1) is 15.7 Å². The summed E-state index contributed by atoms with van der Waals surface area (Å²) in [5.74, 6) is 0.0391. The van der Waals surface area contributed by atoms with Gasteiger partial charge in [0.1, 0.15) is 0 Å². The van der Waals surface area contributed by atoms with Crippen molar-refractivity contribution in [3.05, 3.63) is 33.3 Å². The van der Waals surface area contributed by atoms with Crippen molar-refractivity contribution in [1.82, 2.24) is 0 Å². The molecule has 0 bridgehead atoms. The van der Waals surface area contributed by atoms with Crippen molar-refractivity contribution in [2.75, 3.05) is 6.61 Å². The van der Waals surface area contributed by atoms with Crippen molar-refractivity contribution < 1.29 is 8.63 Å². The fraction of sp³-hybridized carbons (Fsp3) is 0.667. The number of rotatable bonds is 7. The molecule has 0 aliphatic rings. The Hall–Kier alpha value is 0.277. The van der Waals surface area contributed by atoms with Crippen molar-refractivity contribution in [1.29, 1.82) is 0 Å². The Morgan fingerprint density at radius 3 is 2.28 bits per heavy atom. The van der Waals surface area contributed by atoms with Gasteiger partial charge < -0.3 is 4.43 Å². The van der Waals surface area contributed by atoms with Crippen LogP contribution in [-0.4, -0.2) is 23.9 Å². The quantitative estimate of drug-likeness (QED) is 0.499. The Balaban J connectivity index is 3.14. The van der Waals surface area contributed by atoms with E-state index >= 15 is 0 Å². The molecule has 2 N–H and O–H groups in total. The molecule has 0 aromatic heterocycles. The van der Waals surface area contributed by atoms with E-state index < -0.39 is 24.1 Å². The number of benzene rings is 1. The maximum absolute atomic E-state index is 11.9. The molecule has 0 saturated carbocycles. The van der Waals surface area contributed by atoms with E-state index in [-0.39, 0.29) is 11.0 Å². The van der Waals surface area contributed by atoms with E-state index in [0.717, 1.165) is 10.0 Å². The molecule has 0 heterocycles. The van der Waals surface area contributed by atoms with Gasteiger partial charge in [-0.15, -0.1) is 0 Å². The highest BCUT2D eigenvalue weighted by Gasteiger charge is 2.38. The molecule has 7 heteroatoms. The van der Waals surface area contributed by atoms with Gasteiger partial charge in [-0.3, -0.25) is 5.14 Å². The minimum absolute atomic E-state index is 0.0391. The van der Waals surface area contributed by atoms with Gasteiger partial charge in [-0.25, -0.2) is 4.21 Å². The molecule has 0 radical (unpaired) electrons. The molecule has 0 aliphatic heterocycles. The van der Waals surface area contributed by atoms with E-state index in [4.69, 9.17) is 21.2 Å². The van der Waals surface area contributed by atoms with Crippen molar-refractivity contribution in [3.63, 3.8) is 0 Å². The summed E-state index contributed by atoms with van der Waals surface area (Å²) in [6.07, 6.45) is 0.645. The first-order chi connectivity index (χ1) is 11.2. The lowest BCUT2D eigenvalue weighted by molar-refractivity contribution is 0.250. The van der Waals surface area contributed by atoms with E-state index in [1.54, 1.807) is 0 Å². The van der Waals surface area contributed by atoms with E-state index in [1.807, 2.05) is 32.0 Å². The summed E-state index contributed by atoms with van der Waals surface area (Å²) >= 11 is 9.94. The lowest BCUT2D eigenvalue weighted by Crippen LogP contribution is -2.42. The molecule has 0 saturated heterocycles. The fourth-order valence-electron chi connectivity index (χ4n) is 2.29. The van der Waals surface area contributed by atoms with E-state index in [1.165, 1.54) is 0 Å². The highest BCUT2D eigenvalue weighted by molar-refractivity contribution is 9.10. The molecule has 0 amide bonds. The average molecular weight is 469 g/mol. The highest BCUT2D eigenvalue weighted by Crippen LogP contribution is 2.39. The van der Waals surface area contributed by atoms with Gasteiger partial charge in [-0.05, 0) is 56.1 Å². The summed E-state index contributed by atoms with van der Waals surface area (Å²) in [5, 5.41) is 6.53. The predicted molar refractivity (Wildman–Crippen MR) is 116 cm³/mol. The van der Waals surface area contributed by atoms with Gasteiger partial charge in [-0.1, -0.05) is 54.4 Å². The zero-order valence-corrected chi connectivity index (χ0v) is 20.4. The van der Waals surface area contributed by atoms with Crippen LogP contribution >= 0.6 is 27.5 Å². The first kappa shape index (κ1) is 23.3. The molecule has 25 heavy (non-hydrogen) atoms. The summed E-state index contributed by atoms with van der Waals surface area (Å²) in [5.41, 5.74) is 1.02. The van der Waals surface area contributed by atoms with Gasteiger partial charge >= 0.3 is 0 Å². The van der Waals surface area contributed by atoms with Crippen LogP contribution in [0.4, 0.5) is 0 Å². The molecule has 0 spiro atoms. The monoisotopic (exact) mass is 467 g/mol. The van der Waals surface area contributed by atoms with Crippen molar-refractivity contribution in [2.45, 2.75) is 69.8 Å². The molecule has 1 aromatic rings. The van der Waals surface area contributed by atoms with E-state index in [2.05, 4.69) is 49.8 Å². The number of nitrogens with two attached hydrogens (primary N) is 1. The minimum atomic E-state index is -1.89. The van der Waals surface area contributed by atoms with Crippen molar-refractivity contribution in [2.24, 2.45) is 5.14 Å². The van der Waals surface area contributed by atoms with Crippen LogP contribution in [0.1, 0.15) is 52.5 Å². The molecule has 1 aromatic carbocycles. The second-order valence-electron chi connectivity index (χ2n) is 8.70. The summed E-state index contributed by atoms with van der Waals surface area (Å²) in [7, 11) is -3.31. The first-order valence-corrected chi connectivity index (χ1v) is 13.7. The summed E-state index contributed by atoms with van der Waals surface area (Å²) < 4.78 is 18.8. The minimum Gasteiger partial charge on any atom is -0.416 e. The number of hydrogen-bond acceptors (Lipinski definition) is 2. The first-order valence-electron chi connectivity index (χ1n) is 8.42. The fourth-order valence-corrected chi connectivity index (χ4v) is 4.54. The van der Waals surface area contributed by atoms with Crippen LogP contribution in [0.25, 0.3) is 0 Å². The Labute approximate surface area is 169 Å². The molecule has 0 fully saturated rings. The molecule has 3 nitrogen and oxygen atoms in total. The lowest BCUT2D eigenvalue weighted by Gasteiger charge is -2.38. The highest BCUT2D eigenvalue weighted by atomic mass is 79.9. The third kappa shape index (κ3) is 6.43. The Morgan fingerprint density at radius 1 is 1.28 bits per heavy atom. The average Bonchev–Trinajstić information content (AvgIpc) is 2.42. The molecule has 1 unspecified atom stereocenters. The van der Waals surface area contributed by atoms with Crippen LogP contribution in [0.15, 0.2) is 22.7 Å². The second-order valence-corrected chi connectivity index (χ2v) is 16.5. The SMILES string of the molecule is CC(C)(C[C@H](CO[Si](C)(C)C(C)(C)C)c1ccc(Br)cc1Cl)S(N)=O. The van der Waals surface area contributed by atoms with Gasteiger partial charge in [0.25, 0.3) is 0 Å². The van der Waals surface area contributed by atoms with Crippen LogP contribution in [0.2, 0.25) is 23.2 Å². The lowest BCUT2D eigenvalue weighted by atomic mass is 9.90. The predicted octanol–water partition coefficient (Wildman–Crippen LogP) is 6.00. The maximum Gasteiger partial charge on any atom is 0.192 e. The summed E-state index contributed by atoms with van der Waals surface area (Å²) in [6.45, 7) is 15.5. The molecule has 0 aliphatic carbocycles. The normalized spacial score (nSPS) is 15.9. The smallest absolute Gasteiger partial charge is 0.192 e. The Morgan fingerprint density at radius 2 is 1.84 bits per heavy atom.